The number of aliphatic imine (C=N–C) groups is 1. The number of dihydropyridines is 1. The Balaban J connectivity index is 1.49. The van der Waals surface area contributed by atoms with Gasteiger partial charge in [-0.3, -0.25) is 14.5 Å². The lowest BCUT2D eigenvalue weighted by Crippen LogP contribution is -2.40. The third kappa shape index (κ3) is 7.40. The number of amides is 2. The molecule has 2 saturated heterocycles. The van der Waals surface area contributed by atoms with Gasteiger partial charge in [0.2, 0.25) is 0 Å². The van der Waals surface area contributed by atoms with Crippen LogP contribution in [-0.4, -0.2) is 94.2 Å². The van der Waals surface area contributed by atoms with Crippen molar-refractivity contribution in [2.45, 2.75) is 39.7 Å². The van der Waals surface area contributed by atoms with Gasteiger partial charge in [-0.1, -0.05) is 5.57 Å². The maximum absolute atomic E-state index is 13.3. The largest absolute Gasteiger partial charge is 0.492 e. The Labute approximate surface area is 219 Å². The third-order valence-electron chi connectivity index (χ3n) is 7.27. The van der Waals surface area contributed by atoms with Crippen LogP contribution in [-0.2, 0) is 14.3 Å². The van der Waals surface area contributed by atoms with E-state index in [1.165, 1.54) is 0 Å². The first-order chi connectivity index (χ1) is 17.9. The van der Waals surface area contributed by atoms with Crippen LogP contribution in [0.5, 0.6) is 5.75 Å². The van der Waals surface area contributed by atoms with Crippen molar-refractivity contribution in [2.75, 3.05) is 70.7 Å². The Bertz CT molecular complexity index is 1010. The van der Waals surface area contributed by atoms with Crippen molar-refractivity contribution < 1.29 is 23.8 Å². The molecule has 1 aromatic rings. The van der Waals surface area contributed by atoms with Crippen LogP contribution in [0.2, 0.25) is 0 Å². The SMILES string of the molecule is CCN(c1cc(OCCN2CCOCC2)cc(C(=O)NCC2C(=O)N=C(C)C=C2C)c1)C1CCOCC1. The molecule has 3 aliphatic heterocycles. The summed E-state index contributed by atoms with van der Waals surface area (Å²) in [6.07, 6.45) is 3.80. The average Bonchev–Trinajstić information content (AvgIpc) is 2.89. The standard InChI is InChI=1S/C28H40N4O5/c1-4-32(23-5-10-35-11-6-23)24-16-22(17-25(18-24)37-14-9-31-7-12-36-13-8-31)27(33)29-19-26-20(2)15-21(3)30-28(26)34/h15-18,23,26H,4-14,19H2,1-3H3,(H,29,33). The lowest BCUT2D eigenvalue weighted by atomic mass is 9.95. The number of carbonyl (C=O) groups is 2. The van der Waals surface area contributed by atoms with Crippen molar-refractivity contribution in [1.29, 1.82) is 0 Å². The lowest BCUT2D eigenvalue weighted by Gasteiger charge is -2.35. The van der Waals surface area contributed by atoms with E-state index in [4.69, 9.17) is 14.2 Å². The van der Waals surface area contributed by atoms with Crippen LogP contribution in [0, 0.1) is 5.92 Å². The van der Waals surface area contributed by atoms with E-state index in [1.807, 2.05) is 25.1 Å². The first kappa shape index (κ1) is 27.3. The number of hydrogen-bond donors (Lipinski definition) is 1. The number of anilines is 1. The highest BCUT2D eigenvalue weighted by Gasteiger charge is 2.26. The minimum absolute atomic E-state index is 0.213. The summed E-state index contributed by atoms with van der Waals surface area (Å²) in [5, 5.41) is 2.96. The Morgan fingerprint density at radius 2 is 1.86 bits per heavy atom. The summed E-state index contributed by atoms with van der Waals surface area (Å²) in [5.41, 5.74) is 3.10. The number of rotatable bonds is 10. The van der Waals surface area contributed by atoms with E-state index in [1.54, 1.807) is 13.0 Å². The van der Waals surface area contributed by atoms with Crippen LogP contribution >= 0.6 is 0 Å². The molecule has 0 bridgehead atoms. The molecule has 0 radical (unpaired) electrons. The van der Waals surface area contributed by atoms with Crippen molar-refractivity contribution in [1.82, 2.24) is 10.2 Å². The van der Waals surface area contributed by atoms with Gasteiger partial charge in [-0.25, -0.2) is 4.99 Å². The van der Waals surface area contributed by atoms with Crippen LogP contribution in [0.15, 0.2) is 34.8 Å². The number of benzene rings is 1. The highest BCUT2D eigenvalue weighted by Crippen LogP contribution is 2.29. The van der Waals surface area contributed by atoms with Gasteiger partial charge in [0.15, 0.2) is 0 Å². The molecule has 9 nitrogen and oxygen atoms in total. The zero-order chi connectivity index (χ0) is 26.2. The van der Waals surface area contributed by atoms with Crippen LogP contribution in [0.4, 0.5) is 5.69 Å². The van der Waals surface area contributed by atoms with Gasteiger partial charge < -0.3 is 24.4 Å². The van der Waals surface area contributed by atoms with E-state index >= 15 is 0 Å². The summed E-state index contributed by atoms with van der Waals surface area (Å²) in [4.78, 5) is 34.4. The molecule has 0 aromatic heterocycles. The zero-order valence-corrected chi connectivity index (χ0v) is 22.3. The van der Waals surface area contributed by atoms with Crippen LogP contribution < -0.4 is 15.0 Å². The summed E-state index contributed by atoms with van der Waals surface area (Å²) < 4.78 is 17.2. The van der Waals surface area contributed by atoms with Crippen molar-refractivity contribution >= 4 is 23.2 Å². The van der Waals surface area contributed by atoms with Crippen LogP contribution in [0.1, 0.15) is 44.0 Å². The van der Waals surface area contributed by atoms with Gasteiger partial charge in [0.05, 0.1) is 19.1 Å². The minimum Gasteiger partial charge on any atom is -0.492 e. The van der Waals surface area contributed by atoms with Crippen molar-refractivity contribution in [3.8, 4) is 5.75 Å². The fourth-order valence-electron chi connectivity index (χ4n) is 5.18. The van der Waals surface area contributed by atoms with Gasteiger partial charge in [-0.05, 0) is 51.8 Å². The van der Waals surface area contributed by atoms with Crippen LogP contribution in [0.3, 0.4) is 0 Å². The Kier molecular flexibility index (Phi) is 9.71. The first-order valence-electron chi connectivity index (χ1n) is 13.4. The molecule has 1 atom stereocenters. The number of nitrogens with zero attached hydrogens (tertiary/aromatic N) is 3. The predicted octanol–water partition coefficient (Wildman–Crippen LogP) is 2.70. The van der Waals surface area contributed by atoms with Gasteiger partial charge >= 0.3 is 0 Å². The molecule has 2 amide bonds. The molecular weight excluding hydrogens is 472 g/mol. The molecule has 3 heterocycles. The first-order valence-corrected chi connectivity index (χ1v) is 13.4. The number of allylic oxidation sites excluding steroid dienone is 1. The molecule has 1 aromatic carbocycles. The minimum atomic E-state index is -0.436. The number of hydrogen-bond acceptors (Lipinski definition) is 7. The predicted molar refractivity (Wildman–Crippen MR) is 144 cm³/mol. The van der Waals surface area contributed by atoms with Gasteiger partial charge in [-0.15, -0.1) is 0 Å². The lowest BCUT2D eigenvalue weighted by molar-refractivity contribution is -0.120. The molecule has 0 spiro atoms. The second-order valence-corrected chi connectivity index (χ2v) is 9.89. The molecule has 3 aliphatic rings. The number of nitrogens with one attached hydrogen (secondary N) is 1. The monoisotopic (exact) mass is 512 g/mol. The Morgan fingerprint density at radius 1 is 1.14 bits per heavy atom. The third-order valence-corrected chi connectivity index (χ3v) is 7.27. The molecule has 2 fully saturated rings. The maximum atomic E-state index is 13.3. The van der Waals surface area contributed by atoms with Gasteiger partial charge in [0.25, 0.3) is 11.8 Å². The molecule has 202 valence electrons. The second kappa shape index (κ2) is 13.2. The topological polar surface area (TPSA) is 92.7 Å². The van der Waals surface area contributed by atoms with Gasteiger partial charge in [-0.2, -0.15) is 0 Å². The molecule has 0 aliphatic carbocycles. The molecule has 0 saturated carbocycles. The van der Waals surface area contributed by atoms with Gasteiger partial charge in [0, 0.05) is 75.0 Å². The number of ether oxygens (including phenoxy) is 3. The summed E-state index contributed by atoms with van der Waals surface area (Å²) in [6.45, 7) is 13.0. The number of morpholine rings is 1. The summed E-state index contributed by atoms with van der Waals surface area (Å²) in [5.74, 6) is -0.203. The highest BCUT2D eigenvalue weighted by molar-refractivity contribution is 6.06. The highest BCUT2D eigenvalue weighted by atomic mass is 16.5. The molecule has 1 unspecified atom stereocenters. The summed E-state index contributed by atoms with van der Waals surface area (Å²) >= 11 is 0. The molecule has 37 heavy (non-hydrogen) atoms. The van der Waals surface area contributed by atoms with Gasteiger partial charge in [0.1, 0.15) is 12.4 Å². The quantitative estimate of drug-likeness (QED) is 0.515. The van der Waals surface area contributed by atoms with E-state index < -0.39 is 5.92 Å². The molecule has 9 heteroatoms. The smallest absolute Gasteiger partial charge is 0.254 e. The van der Waals surface area contributed by atoms with Crippen molar-refractivity contribution in [3.63, 3.8) is 0 Å². The summed E-state index contributed by atoms with van der Waals surface area (Å²) in [7, 11) is 0. The Morgan fingerprint density at radius 3 is 2.57 bits per heavy atom. The molecule has 1 N–H and O–H groups in total. The summed E-state index contributed by atoms with van der Waals surface area (Å²) in [6, 6.07) is 6.11. The fourth-order valence-corrected chi connectivity index (χ4v) is 5.18. The Hall–Kier alpha value is -2.75. The van der Waals surface area contributed by atoms with E-state index in [0.717, 1.165) is 76.7 Å². The number of carbonyl (C=O) groups excluding carboxylic acids is 2. The van der Waals surface area contributed by atoms with E-state index in [0.29, 0.717) is 29.7 Å². The van der Waals surface area contributed by atoms with E-state index in [2.05, 4.69) is 27.0 Å². The molecule has 4 rings (SSSR count). The zero-order valence-electron chi connectivity index (χ0n) is 22.3. The van der Waals surface area contributed by atoms with E-state index in [-0.39, 0.29) is 18.4 Å². The van der Waals surface area contributed by atoms with Crippen LogP contribution in [0.25, 0.3) is 0 Å². The van der Waals surface area contributed by atoms with Crippen molar-refractivity contribution in [3.05, 3.63) is 35.4 Å². The average molecular weight is 513 g/mol. The second-order valence-electron chi connectivity index (χ2n) is 9.89. The molecular formula is C28H40N4O5. The normalized spacial score (nSPS) is 21.3. The maximum Gasteiger partial charge on any atom is 0.254 e. The van der Waals surface area contributed by atoms with Crippen molar-refractivity contribution in [2.24, 2.45) is 10.9 Å². The fraction of sp³-hybridized carbons (Fsp3) is 0.607. The van der Waals surface area contributed by atoms with E-state index in [9.17, 15) is 9.59 Å².